The van der Waals surface area contributed by atoms with Crippen LogP contribution in [0.2, 0.25) is 0 Å². The Morgan fingerprint density at radius 1 is 0.970 bits per heavy atom. The topological polar surface area (TPSA) is 82.1 Å². The number of hydrogen-bond acceptors (Lipinski definition) is 5. The van der Waals surface area contributed by atoms with E-state index in [0.717, 1.165) is 38.0 Å². The van der Waals surface area contributed by atoms with Gasteiger partial charge in [0.05, 0.1) is 12.6 Å². The zero-order valence-corrected chi connectivity index (χ0v) is 19.2. The van der Waals surface area contributed by atoms with Gasteiger partial charge in [0.2, 0.25) is 5.91 Å². The average Bonchev–Trinajstić information content (AvgIpc) is 3.03. The predicted molar refractivity (Wildman–Crippen MR) is 127 cm³/mol. The maximum absolute atomic E-state index is 12.7. The second-order valence-corrected chi connectivity index (χ2v) is 8.42. The minimum atomic E-state index is -0.432. The molecule has 1 atom stereocenters. The van der Waals surface area contributed by atoms with Gasteiger partial charge in [0.1, 0.15) is 6.61 Å². The number of unbranched alkanes of at least 4 members (excludes halogenated alkanes) is 1. The van der Waals surface area contributed by atoms with Gasteiger partial charge in [-0.05, 0) is 30.4 Å². The van der Waals surface area contributed by atoms with Crippen LogP contribution in [0.3, 0.4) is 0 Å². The number of alkyl carbamates (subject to hydrolysis) is 1. The van der Waals surface area contributed by atoms with Crippen molar-refractivity contribution in [2.45, 2.75) is 44.9 Å². The standard InChI is InChI=1S/C26H35N3O4/c30-20-24(13-7-8-15-27-26(32)33-21-23-11-5-2-6-12-23)29-18-17-28(16-14-25(29)31)19-22-9-3-1-4-10-22/h1-6,9-12,24,30H,7-8,13-21H2,(H,27,32)/t24-/m0/s1. The summed E-state index contributed by atoms with van der Waals surface area (Å²) in [6.07, 6.45) is 2.32. The van der Waals surface area contributed by atoms with E-state index in [1.54, 1.807) is 0 Å². The molecular formula is C26H35N3O4. The SMILES string of the molecule is O=C(NCCCC[C@@H](CO)N1CCN(Cc2ccccc2)CCC1=O)OCc1ccccc1. The van der Waals surface area contributed by atoms with E-state index in [2.05, 4.69) is 22.3 Å². The molecule has 0 radical (unpaired) electrons. The number of nitrogens with zero attached hydrogens (tertiary/aromatic N) is 2. The lowest BCUT2D eigenvalue weighted by Crippen LogP contribution is -2.43. The number of carbonyl (C=O) groups excluding carboxylic acids is 2. The van der Waals surface area contributed by atoms with Crippen LogP contribution >= 0.6 is 0 Å². The number of aliphatic hydroxyl groups excluding tert-OH is 1. The molecular weight excluding hydrogens is 418 g/mol. The lowest BCUT2D eigenvalue weighted by molar-refractivity contribution is -0.133. The molecule has 178 valence electrons. The average molecular weight is 454 g/mol. The summed E-state index contributed by atoms with van der Waals surface area (Å²) in [5, 5.41) is 12.7. The molecule has 2 aromatic carbocycles. The van der Waals surface area contributed by atoms with Crippen molar-refractivity contribution < 1.29 is 19.4 Å². The molecule has 3 rings (SSSR count). The molecule has 1 aliphatic rings. The van der Waals surface area contributed by atoms with Gasteiger partial charge in [0.15, 0.2) is 0 Å². The van der Waals surface area contributed by atoms with Crippen molar-refractivity contribution in [2.24, 2.45) is 0 Å². The number of benzene rings is 2. The zero-order chi connectivity index (χ0) is 23.3. The van der Waals surface area contributed by atoms with Crippen LogP contribution in [0.5, 0.6) is 0 Å². The zero-order valence-electron chi connectivity index (χ0n) is 19.2. The Labute approximate surface area is 196 Å². The molecule has 33 heavy (non-hydrogen) atoms. The van der Waals surface area contributed by atoms with Crippen LogP contribution < -0.4 is 5.32 Å². The number of hydrogen-bond donors (Lipinski definition) is 2. The van der Waals surface area contributed by atoms with Gasteiger partial charge >= 0.3 is 6.09 Å². The third-order valence-electron chi connectivity index (χ3n) is 5.97. The Hall–Kier alpha value is -2.90. The largest absolute Gasteiger partial charge is 0.445 e. The van der Waals surface area contributed by atoms with Crippen molar-refractivity contribution in [3.63, 3.8) is 0 Å². The Morgan fingerprint density at radius 2 is 1.67 bits per heavy atom. The van der Waals surface area contributed by atoms with Crippen molar-refractivity contribution in [3.8, 4) is 0 Å². The van der Waals surface area contributed by atoms with E-state index in [1.165, 1.54) is 5.56 Å². The van der Waals surface area contributed by atoms with Gasteiger partial charge in [-0.25, -0.2) is 4.79 Å². The summed E-state index contributed by atoms with van der Waals surface area (Å²) < 4.78 is 5.21. The van der Waals surface area contributed by atoms with Gasteiger partial charge < -0.3 is 20.1 Å². The normalized spacial score (nSPS) is 15.7. The molecule has 2 N–H and O–H groups in total. The molecule has 2 amide bonds. The first-order valence-corrected chi connectivity index (χ1v) is 11.8. The Balaban J connectivity index is 1.34. The van der Waals surface area contributed by atoms with Gasteiger partial charge in [-0.1, -0.05) is 60.7 Å². The summed E-state index contributed by atoms with van der Waals surface area (Å²) in [7, 11) is 0. The molecule has 7 heteroatoms. The van der Waals surface area contributed by atoms with Crippen molar-refractivity contribution in [2.75, 3.05) is 32.8 Å². The maximum Gasteiger partial charge on any atom is 0.407 e. The first kappa shape index (κ1) is 24.7. The first-order chi connectivity index (χ1) is 16.2. The molecule has 0 unspecified atom stereocenters. The highest BCUT2D eigenvalue weighted by molar-refractivity contribution is 5.77. The van der Waals surface area contributed by atoms with Gasteiger partial charge in [0.25, 0.3) is 0 Å². The molecule has 7 nitrogen and oxygen atoms in total. The minimum absolute atomic E-state index is 0.0447. The van der Waals surface area contributed by atoms with Crippen molar-refractivity contribution in [1.82, 2.24) is 15.1 Å². The molecule has 1 heterocycles. The second-order valence-electron chi connectivity index (χ2n) is 8.42. The van der Waals surface area contributed by atoms with Crippen LogP contribution in [0, 0.1) is 0 Å². The minimum Gasteiger partial charge on any atom is -0.445 e. The smallest absolute Gasteiger partial charge is 0.407 e. The fourth-order valence-corrected chi connectivity index (χ4v) is 4.08. The third kappa shape index (κ3) is 8.51. The third-order valence-corrected chi connectivity index (χ3v) is 5.97. The molecule has 0 spiro atoms. The quantitative estimate of drug-likeness (QED) is 0.511. The maximum atomic E-state index is 12.7. The van der Waals surface area contributed by atoms with E-state index in [-0.39, 0.29) is 25.2 Å². The monoisotopic (exact) mass is 453 g/mol. The van der Waals surface area contributed by atoms with Crippen molar-refractivity contribution in [1.29, 1.82) is 0 Å². The number of ether oxygens (including phenoxy) is 1. The summed E-state index contributed by atoms with van der Waals surface area (Å²) in [4.78, 5) is 28.7. The fourth-order valence-electron chi connectivity index (χ4n) is 4.08. The van der Waals surface area contributed by atoms with E-state index in [4.69, 9.17) is 4.74 Å². The summed E-state index contributed by atoms with van der Waals surface area (Å²) in [5.74, 6) is 0.104. The fraction of sp³-hybridized carbons (Fsp3) is 0.462. The summed E-state index contributed by atoms with van der Waals surface area (Å²) >= 11 is 0. The van der Waals surface area contributed by atoms with Gasteiger partial charge in [-0.2, -0.15) is 0 Å². The highest BCUT2D eigenvalue weighted by Gasteiger charge is 2.26. The Bertz CT molecular complexity index is 847. The lowest BCUT2D eigenvalue weighted by atomic mass is 10.1. The highest BCUT2D eigenvalue weighted by Crippen LogP contribution is 2.15. The molecule has 1 fully saturated rings. The van der Waals surface area contributed by atoms with Gasteiger partial charge in [-0.15, -0.1) is 0 Å². The molecule has 0 aliphatic carbocycles. The van der Waals surface area contributed by atoms with Crippen LogP contribution in [0.4, 0.5) is 4.79 Å². The molecule has 2 aromatic rings. The number of rotatable bonds is 11. The number of amides is 2. The number of carbonyl (C=O) groups is 2. The van der Waals surface area contributed by atoms with E-state index in [1.807, 2.05) is 53.4 Å². The number of nitrogens with one attached hydrogen (secondary N) is 1. The van der Waals surface area contributed by atoms with Crippen LogP contribution in [0.1, 0.15) is 36.8 Å². The molecule has 0 aromatic heterocycles. The van der Waals surface area contributed by atoms with Crippen LogP contribution in [-0.2, 0) is 22.7 Å². The molecule has 0 bridgehead atoms. The second kappa shape index (κ2) is 13.6. The highest BCUT2D eigenvalue weighted by atomic mass is 16.5. The van der Waals surface area contributed by atoms with E-state index < -0.39 is 6.09 Å². The first-order valence-electron chi connectivity index (χ1n) is 11.8. The van der Waals surface area contributed by atoms with Crippen LogP contribution in [0.15, 0.2) is 60.7 Å². The molecule has 1 aliphatic heterocycles. The number of aliphatic hydroxyl groups is 1. The van der Waals surface area contributed by atoms with E-state index >= 15 is 0 Å². The lowest BCUT2D eigenvalue weighted by Gasteiger charge is -2.30. The van der Waals surface area contributed by atoms with Crippen molar-refractivity contribution >= 4 is 12.0 Å². The summed E-state index contributed by atoms with van der Waals surface area (Å²) in [6.45, 7) is 3.70. The van der Waals surface area contributed by atoms with E-state index in [9.17, 15) is 14.7 Å². The molecule has 1 saturated heterocycles. The Morgan fingerprint density at radius 3 is 2.36 bits per heavy atom. The molecule has 0 saturated carbocycles. The predicted octanol–water partition coefficient (Wildman–Crippen LogP) is 3.18. The van der Waals surface area contributed by atoms with Gasteiger partial charge in [0, 0.05) is 39.1 Å². The van der Waals surface area contributed by atoms with Crippen molar-refractivity contribution in [3.05, 3.63) is 71.8 Å². The van der Waals surface area contributed by atoms with Crippen LogP contribution in [-0.4, -0.2) is 65.7 Å². The summed E-state index contributed by atoms with van der Waals surface area (Å²) in [6, 6.07) is 19.6. The van der Waals surface area contributed by atoms with E-state index in [0.29, 0.717) is 25.9 Å². The van der Waals surface area contributed by atoms with Gasteiger partial charge in [-0.3, -0.25) is 9.69 Å². The Kier molecular flexibility index (Phi) is 10.2. The summed E-state index contributed by atoms with van der Waals surface area (Å²) in [5.41, 5.74) is 2.19. The van der Waals surface area contributed by atoms with Crippen LogP contribution in [0.25, 0.3) is 0 Å².